The fraction of sp³-hybridized carbons (Fsp3) is 0.417. The number of ketones is 1. The van der Waals surface area contributed by atoms with Crippen molar-refractivity contribution in [2.45, 2.75) is 26.3 Å². The molecule has 0 saturated heterocycles. The molecule has 1 aliphatic heterocycles. The summed E-state index contributed by atoms with van der Waals surface area (Å²) in [6, 6.07) is 7.97. The Labute approximate surface area is 192 Å². The van der Waals surface area contributed by atoms with Gasteiger partial charge in [0.25, 0.3) is 5.91 Å². The van der Waals surface area contributed by atoms with Crippen LogP contribution in [0.3, 0.4) is 0 Å². The summed E-state index contributed by atoms with van der Waals surface area (Å²) in [5.41, 5.74) is 0.679. The van der Waals surface area contributed by atoms with Crippen molar-refractivity contribution in [2.75, 3.05) is 40.4 Å². The maximum absolute atomic E-state index is 13.4. The van der Waals surface area contributed by atoms with Gasteiger partial charge in [0, 0.05) is 12.1 Å². The number of ether oxygens (including phenoxy) is 2. The van der Waals surface area contributed by atoms with Gasteiger partial charge in [-0.1, -0.05) is 19.9 Å². The maximum atomic E-state index is 13.4. The molecule has 1 aromatic heterocycles. The van der Waals surface area contributed by atoms with Crippen LogP contribution in [0.1, 0.15) is 41.5 Å². The van der Waals surface area contributed by atoms with E-state index in [4.69, 9.17) is 9.47 Å². The highest BCUT2D eigenvalue weighted by molar-refractivity contribution is 7.12. The number of hydrogen-bond acceptors (Lipinski definition) is 7. The lowest BCUT2D eigenvalue weighted by Gasteiger charge is -2.29. The second-order valence-corrected chi connectivity index (χ2v) is 8.41. The molecule has 1 aromatic carbocycles. The number of aliphatic hydroxyl groups is 1. The highest BCUT2D eigenvalue weighted by atomic mass is 32.1. The standard InChI is InChI=1S/C24H30N2O5S/c1-5-25(6-2)12-8-13-26-21(17-15-16(30-3)10-11-18(17)31-4)20(23(28)24(26)29)22(27)19-9-7-14-32-19/h7,9-11,14-15,21,28H,5-6,8,12-13H2,1-4H3. The molecule has 1 N–H and O–H groups in total. The Hall–Kier alpha value is -2.84. The number of Topliss-reactive ketones (excluding diaryl/α,β-unsaturated/α-hetero) is 1. The van der Waals surface area contributed by atoms with Crippen LogP contribution < -0.4 is 9.47 Å². The molecule has 0 saturated carbocycles. The van der Waals surface area contributed by atoms with Crippen molar-refractivity contribution in [1.82, 2.24) is 9.80 Å². The summed E-state index contributed by atoms with van der Waals surface area (Å²) in [5.74, 6) is -0.304. The molecule has 0 fully saturated rings. The molecule has 0 spiro atoms. The van der Waals surface area contributed by atoms with E-state index in [-0.39, 0.29) is 11.4 Å². The summed E-state index contributed by atoms with van der Waals surface area (Å²) in [4.78, 5) is 30.8. The Morgan fingerprint density at radius 1 is 1.19 bits per heavy atom. The van der Waals surface area contributed by atoms with Gasteiger partial charge in [-0.25, -0.2) is 0 Å². The highest BCUT2D eigenvalue weighted by Crippen LogP contribution is 2.44. The molecule has 1 unspecified atom stereocenters. The highest BCUT2D eigenvalue weighted by Gasteiger charge is 2.45. The Morgan fingerprint density at radius 3 is 2.53 bits per heavy atom. The van der Waals surface area contributed by atoms with Crippen molar-refractivity contribution in [1.29, 1.82) is 0 Å². The Morgan fingerprint density at radius 2 is 1.94 bits per heavy atom. The summed E-state index contributed by atoms with van der Waals surface area (Å²) in [5, 5.41) is 12.6. The van der Waals surface area contributed by atoms with Gasteiger partial charge in [0.15, 0.2) is 5.76 Å². The van der Waals surface area contributed by atoms with Gasteiger partial charge in [0.05, 0.1) is 30.7 Å². The average Bonchev–Trinajstić information content (AvgIpc) is 3.44. The molecule has 2 aromatic rings. The van der Waals surface area contributed by atoms with E-state index in [0.717, 1.165) is 19.6 Å². The first-order valence-corrected chi connectivity index (χ1v) is 11.6. The van der Waals surface area contributed by atoms with Crippen LogP contribution in [-0.4, -0.2) is 67.0 Å². The molecular weight excluding hydrogens is 428 g/mol. The van der Waals surface area contributed by atoms with Crippen LogP contribution in [0.25, 0.3) is 0 Å². The van der Waals surface area contributed by atoms with E-state index < -0.39 is 17.7 Å². The van der Waals surface area contributed by atoms with E-state index in [1.165, 1.54) is 18.4 Å². The first-order chi connectivity index (χ1) is 15.5. The SMILES string of the molecule is CCN(CC)CCCN1C(=O)C(O)=C(C(=O)c2cccs2)C1c1cc(OC)ccc1OC. The van der Waals surface area contributed by atoms with Crippen LogP contribution in [0.15, 0.2) is 47.0 Å². The molecule has 1 atom stereocenters. The van der Waals surface area contributed by atoms with Crippen molar-refractivity contribution < 1.29 is 24.2 Å². The van der Waals surface area contributed by atoms with Gasteiger partial charge in [0.2, 0.25) is 5.78 Å². The van der Waals surface area contributed by atoms with Crippen LogP contribution in [0.2, 0.25) is 0 Å². The number of rotatable bonds is 11. The monoisotopic (exact) mass is 458 g/mol. The molecule has 32 heavy (non-hydrogen) atoms. The number of methoxy groups -OCH3 is 2. The fourth-order valence-corrected chi connectivity index (χ4v) is 4.72. The number of aliphatic hydroxyl groups excluding tert-OH is 1. The van der Waals surface area contributed by atoms with Crippen molar-refractivity contribution in [3.8, 4) is 11.5 Å². The van der Waals surface area contributed by atoms with Gasteiger partial charge < -0.3 is 24.4 Å². The van der Waals surface area contributed by atoms with Gasteiger partial charge in [-0.15, -0.1) is 11.3 Å². The van der Waals surface area contributed by atoms with Gasteiger partial charge >= 0.3 is 0 Å². The number of nitrogens with zero attached hydrogens (tertiary/aromatic N) is 2. The largest absolute Gasteiger partial charge is 0.503 e. The van der Waals surface area contributed by atoms with Crippen LogP contribution in [0.4, 0.5) is 0 Å². The summed E-state index contributed by atoms with van der Waals surface area (Å²) in [7, 11) is 3.09. The van der Waals surface area contributed by atoms with E-state index in [2.05, 4.69) is 18.7 Å². The summed E-state index contributed by atoms with van der Waals surface area (Å²) in [6.07, 6.45) is 0.712. The number of carbonyl (C=O) groups excluding carboxylic acids is 2. The summed E-state index contributed by atoms with van der Waals surface area (Å²) in [6.45, 7) is 7.24. The molecule has 2 heterocycles. The average molecular weight is 459 g/mol. The quantitative estimate of drug-likeness (QED) is 0.511. The van der Waals surface area contributed by atoms with Gasteiger partial charge in [-0.3, -0.25) is 9.59 Å². The van der Waals surface area contributed by atoms with E-state index in [1.54, 1.807) is 47.7 Å². The van der Waals surface area contributed by atoms with Crippen LogP contribution in [-0.2, 0) is 4.79 Å². The lowest BCUT2D eigenvalue weighted by atomic mass is 9.94. The molecule has 0 aliphatic carbocycles. The molecule has 0 radical (unpaired) electrons. The normalized spacial score (nSPS) is 16.2. The van der Waals surface area contributed by atoms with E-state index in [0.29, 0.717) is 34.9 Å². The predicted octanol–water partition coefficient (Wildman–Crippen LogP) is 4.08. The molecule has 3 rings (SSSR count). The molecule has 7 nitrogen and oxygen atoms in total. The smallest absolute Gasteiger partial charge is 0.290 e. The number of thiophene rings is 1. The van der Waals surface area contributed by atoms with Crippen molar-refractivity contribution in [2.24, 2.45) is 0 Å². The topological polar surface area (TPSA) is 79.3 Å². The van der Waals surface area contributed by atoms with Crippen LogP contribution in [0, 0.1) is 0 Å². The first kappa shape index (κ1) is 23.8. The fourth-order valence-electron chi connectivity index (χ4n) is 4.04. The minimum Gasteiger partial charge on any atom is -0.503 e. The molecule has 8 heteroatoms. The van der Waals surface area contributed by atoms with Crippen molar-refractivity contribution in [3.05, 3.63) is 57.5 Å². The second kappa shape index (κ2) is 10.7. The van der Waals surface area contributed by atoms with Crippen molar-refractivity contribution >= 4 is 23.0 Å². The number of benzene rings is 1. The third kappa shape index (κ3) is 4.66. The van der Waals surface area contributed by atoms with E-state index in [1.807, 2.05) is 0 Å². The molecule has 1 amide bonds. The Balaban J connectivity index is 2.04. The number of carbonyl (C=O) groups is 2. The number of hydrogen-bond donors (Lipinski definition) is 1. The summed E-state index contributed by atoms with van der Waals surface area (Å²) < 4.78 is 10.9. The Bertz CT molecular complexity index is 982. The van der Waals surface area contributed by atoms with E-state index in [9.17, 15) is 14.7 Å². The maximum Gasteiger partial charge on any atom is 0.290 e. The zero-order chi connectivity index (χ0) is 23.3. The van der Waals surface area contributed by atoms with Gasteiger partial charge in [-0.2, -0.15) is 0 Å². The van der Waals surface area contributed by atoms with E-state index >= 15 is 0 Å². The lowest BCUT2D eigenvalue weighted by Crippen LogP contribution is -2.34. The van der Waals surface area contributed by atoms with Crippen LogP contribution >= 0.6 is 11.3 Å². The zero-order valence-electron chi connectivity index (χ0n) is 19.0. The third-order valence-corrected chi connectivity index (χ3v) is 6.66. The molecule has 0 bridgehead atoms. The Kier molecular flexibility index (Phi) is 7.93. The molecule has 172 valence electrons. The molecule has 1 aliphatic rings. The van der Waals surface area contributed by atoms with Gasteiger partial charge in [-0.05, 0) is 55.7 Å². The minimum absolute atomic E-state index is 0.0758. The first-order valence-electron chi connectivity index (χ1n) is 10.7. The molecular formula is C24H30N2O5S. The van der Waals surface area contributed by atoms with Crippen molar-refractivity contribution in [3.63, 3.8) is 0 Å². The summed E-state index contributed by atoms with van der Waals surface area (Å²) >= 11 is 1.28. The van der Waals surface area contributed by atoms with Gasteiger partial charge in [0.1, 0.15) is 11.5 Å². The van der Waals surface area contributed by atoms with Crippen LogP contribution in [0.5, 0.6) is 11.5 Å². The predicted molar refractivity (Wildman–Crippen MR) is 125 cm³/mol. The number of amides is 1. The minimum atomic E-state index is -0.765. The zero-order valence-corrected chi connectivity index (χ0v) is 19.8. The third-order valence-electron chi connectivity index (χ3n) is 5.79. The lowest BCUT2D eigenvalue weighted by molar-refractivity contribution is -0.129. The second-order valence-electron chi connectivity index (χ2n) is 7.46.